The van der Waals surface area contributed by atoms with Gasteiger partial charge in [-0.1, -0.05) is 12.1 Å². The number of carboxylic acid groups (broad SMARTS) is 1. The number of nitrogens with one attached hydrogen (secondary N) is 2. The Morgan fingerprint density at radius 1 is 1.21 bits per heavy atom. The van der Waals surface area contributed by atoms with E-state index >= 15 is 0 Å². The summed E-state index contributed by atoms with van der Waals surface area (Å²) in [4.78, 5) is 36.9. The summed E-state index contributed by atoms with van der Waals surface area (Å²) in [7, 11) is 0. The Morgan fingerprint density at radius 2 is 1.96 bits per heavy atom. The van der Waals surface area contributed by atoms with Crippen molar-refractivity contribution in [2.24, 2.45) is 0 Å². The van der Waals surface area contributed by atoms with Gasteiger partial charge in [-0.05, 0) is 55.3 Å². The number of aromatic carboxylic acids is 1. The third-order valence-electron chi connectivity index (χ3n) is 3.43. The van der Waals surface area contributed by atoms with E-state index in [9.17, 15) is 14.4 Å². The number of carbonyl (C=O) groups is 3. The van der Waals surface area contributed by atoms with E-state index in [-0.39, 0.29) is 23.8 Å². The molecule has 1 heterocycles. The van der Waals surface area contributed by atoms with Crippen LogP contribution in [0.25, 0.3) is 6.08 Å². The molecule has 0 aliphatic heterocycles. The van der Waals surface area contributed by atoms with Crippen molar-refractivity contribution in [2.75, 3.05) is 0 Å². The van der Waals surface area contributed by atoms with Crippen LogP contribution in [0.5, 0.6) is 0 Å². The van der Waals surface area contributed by atoms with Gasteiger partial charge < -0.3 is 15.4 Å². The molecule has 2 aromatic rings. The number of hydrogen-bond acceptors (Lipinski definition) is 3. The predicted octanol–water partition coefficient (Wildman–Crippen LogP) is 2.55. The van der Waals surface area contributed by atoms with Crippen molar-refractivity contribution in [2.45, 2.75) is 20.4 Å². The first-order valence-corrected chi connectivity index (χ1v) is 7.35. The topological polar surface area (TPSA) is 99.3 Å². The summed E-state index contributed by atoms with van der Waals surface area (Å²) in [5.74, 6) is -1.33. The molecule has 0 saturated heterocycles. The first kappa shape index (κ1) is 17.2. The normalized spacial score (nSPS) is 10.8. The number of rotatable bonds is 6. The van der Waals surface area contributed by atoms with Crippen LogP contribution >= 0.6 is 0 Å². The number of hydrogen-bond donors (Lipinski definition) is 3. The molecule has 0 spiro atoms. The molecule has 0 radical (unpaired) electrons. The molecule has 0 saturated carbocycles. The Labute approximate surface area is 139 Å². The lowest BCUT2D eigenvalue weighted by atomic mass is 10.1. The molecule has 0 atom stereocenters. The van der Waals surface area contributed by atoms with Gasteiger partial charge in [-0.25, -0.2) is 4.79 Å². The summed E-state index contributed by atoms with van der Waals surface area (Å²) in [6, 6.07) is 8.28. The highest BCUT2D eigenvalue weighted by atomic mass is 16.4. The smallest absolute Gasteiger partial charge is 0.335 e. The van der Waals surface area contributed by atoms with Crippen molar-refractivity contribution in [3.05, 3.63) is 64.5 Å². The number of H-pyrrole nitrogens is 1. The number of allylic oxidation sites excluding steroid dienone is 1. The minimum absolute atomic E-state index is 0.0734. The van der Waals surface area contributed by atoms with Gasteiger partial charge in [0.05, 0.1) is 5.56 Å². The zero-order valence-corrected chi connectivity index (χ0v) is 13.4. The van der Waals surface area contributed by atoms with Crippen molar-refractivity contribution >= 4 is 23.7 Å². The molecule has 0 aliphatic carbocycles. The maximum absolute atomic E-state index is 12.1. The highest BCUT2D eigenvalue weighted by Crippen LogP contribution is 2.11. The third kappa shape index (κ3) is 4.42. The van der Waals surface area contributed by atoms with Crippen LogP contribution in [0, 0.1) is 6.92 Å². The van der Waals surface area contributed by atoms with Gasteiger partial charge >= 0.3 is 5.97 Å². The molecule has 0 bridgehead atoms. The summed E-state index contributed by atoms with van der Waals surface area (Å²) >= 11 is 0. The Kier molecular flexibility index (Phi) is 5.31. The van der Waals surface area contributed by atoms with Gasteiger partial charge in [0.25, 0.3) is 5.91 Å². The lowest BCUT2D eigenvalue weighted by molar-refractivity contribution is -0.112. The molecular weight excluding hydrogens is 308 g/mol. The molecule has 0 unspecified atom stereocenters. The van der Waals surface area contributed by atoms with Gasteiger partial charge in [-0.2, -0.15) is 0 Å². The lowest BCUT2D eigenvalue weighted by Crippen LogP contribution is -2.23. The molecule has 24 heavy (non-hydrogen) atoms. The van der Waals surface area contributed by atoms with Gasteiger partial charge in [0.2, 0.25) is 0 Å². The second-order valence-electron chi connectivity index (χ2n) is 5.41. The van der Waals surface area contributed by atoms with Crippen molar-refractivity contribution in [3.8, 4) is 0 Å². The van der Waals surface area contributed by atoms with Crippen LogP contribution < -0.4 is 5.32 Å². The quantitative estimate of drug-likeness (QED) is 0.710. The van der Waals surface area contributed by atoms with E-state index in [1.165, 1.54) is 19.1 Å². The van der Waals surface area contributed by atoms with Crippen LogP contribution in [0.15, 0.2) is 36.4 Å². The van der Waals surface area contributed by atoms with Crippen molar-refractivity contribution < 1.29 is 19.5 Å². The fourth-order valence-corrected chi connectivity index (χ4v) is 2.20. The van der Waals surface area contributed by atoms with Gasteiger partial charge in [-0.15, -0.1) is 0 Å². The largest absolute Gasteiger partial charge is 0.478 e. The summed E-state index contributed by atoms with van der Waals surface area (Å²) in [6.45, 7) is 3.45. The maximum atomic E-state index is 12.1. The minimum atomic E-state index is -0.972. The number of aryl methyl sites for hydroxylation is 1. The number of ketones is 1. The Bertz CT molecular complexity index is 818. The van der Waals surface area contributed by atoms with Gasteiger partial charge in [0.1, 0.15) is 5.69 Å². The van der Waals surface area contributed by atoms with Crippen molar-refractivity contribution in [1.29, 1.82) is 0 Å². The average molecular weight is 326 g/mol. The molecule has 2 rings (SSSR count). The number of amides is 1. The average Bonchev–Trinajstić information content (AvgIpc) is 2.99. The Hall–Kier alpha value is -3.15. The molecule has 6 nitrogen and oxygen atoms in total. The molecule has 0 fully saturated rings. The maximum Gasteiger partial charge on any atom is 0.335 e. The van der Waals surface area contributed by atoms with E-state index in [4.69, 9.17) is 5.11 Å². The van der Waals surface area contributed by atoms with Gasteiger partial charge in [-0.3, -0.25) is 9.59 Å². The molecular formula is C18H18N2O4. The van der Waals surface area contributed by atoms with E-state index in [0.717, 1.165) is 5.56 Å². The SMILES string of the molecule is CC(=O)/C=C/c1ccc(C(=O)NCc2ccc(C(=O)O)c(C)c2)[nH]1. The van der Waals surface area contributed by atoms with E-state index < -0.39 is 5.97 Å². The fourth-order valence-electron chi connectivity index (χ4n) is 2.20. The number of carboxylic acids is 1. The van der Waals surface area contributed by atoms with Crippen LogP contribution in [0.3, 0.4) is 0 Å². The Morgan fingerprint density at radius 3 is 2.58 bits per heavy atom. The van der Waals surface area contributed by atoms with E-state index in [1.807, 2.05) is 0 Å². The monoisotopic (exact) mass is 326 g/mol. The second-order valence-corrected chi connectivity index (χ2v) is 5.41. The lowest BCUT2D eigenvalue weighted by Gasteiger charge is -2.07. The third-order valence-corrected chi connectivity index (χ3v) is 3.43. The molecule has 1 aromatic heterocycles. The standard InChI is InChI=1S/C18H18N2O4/c1-11-9-13(4-7-15(11)18(23)24)10-19-17(22)16-8-6-14(20-16)5-3-12(2)21/h3-9,20H,10H2,1-2H3,(H,19,22)(H,23,24)/b5-3+. The number of aromatic amines is 1. The molecule has 3 N–H and O–H groups in total. The van der Waals surface area contributed by atoms with Crippen molar-refractivity contribution in [1.82, 2.24) is 10.3 Å². The van der Waals surface area contributed by atoms with Gasteiger partial charge in [0.15, 0.2) is 5.78 Å². The van der Waals surface area contributed by atoms with Crippen LogP contribution in [0.1, 0.15) is 44.6 Å². The number of benzene rings is 1. The second kappa shape index (κ2) is 7.41. The molecule has 124 valence electrons. The fraction of sp³-hybridized carbons (Fsp3) is 0.167. The van der Waals surface area contributed by atoms with Gasteiger partial charge in [0, 0.05) is 12.2 Å². The van der Waals surface area contributed by atoms with Crippen LogP contribution in [0.4, 0.5) is 0 Å². The summed E-state index contributed by atoms with van der Waals surface area (Å²) in [6.07, 6.45) is 3.02. The number of carbonyl (C=O) groups excluding carboxylic acids is 2. The molecule has 6 heteroatoms. The zero-order chi connectivity index (χ0) is 17.7. The molecule has 1 aromatic carbocycles. The highest BCUT2D eigenvalue weighted by molar-refractivity contribution is 5.94. The zero-order valence-electron chi connectivity index (χ0n) is 13.4. The summed E-state index contributed by atoms with van der Waals surface area (Å²) in [5.41, 5.74) is 2.75. The first-order valence-electron chi connectivity index (χ1n) is 7.35. The van der Waals surface area contributed by atoms with Crippen LogP contribution in [-0.2, 0) is 11.3 Å². The minimum Gasteiger partial charge on any atom is -0.478 e. The highest BCUT2D eigenvalue weighted by Gasteiger charge is 2.10. The van der Waals surface area contributed by atoms with E-state index in [1.54, 1.807) is 37.3 Å². The predicted molar refractivity (Wildman–Crippen MR) is 89.8 cm³/mol. The van der Waals surface area contributed by atoms with E-state index in [0.29, 0.717) is 17.0 Å². The first-order chi connectivity index (χ1) is 11.4. The number of aromatic nitrogens is 1. The molecule has 0 aliphatic rings. The summed E-state index contributed by atoms with van der Waals surface area (Å²) < 4.78 is 0. The Balaban J connectivity index is 1.99. The summed E-state index contributed by atoms with van der Waals surface area (Å²) in [5, 5.41) is 11.8. The van der Waals surface area contributed by atoms with Crippen LogP contribution in [0.2, 0.25) is 0 Å². The van der Waals surface area contributed by atoms with E-state index in [2.05, 4.69) is 10.3 Å². The van der Waals surface area contributed by atoms with Crippen molar-refractivity contribution in [3.63, 3.8) is 0 Å². The van der Waals surface area contributed by atoms with Crippen LogP contribution in [-0.4, -0.2) is 27.8 Å². The molecule has 1 amide bonds.